The maximum atomic E-state index is 9.17. The van der Waals surface area contributed by atoms with Gasteiger partial charge in [0, 0.05) is 26.7 Å². The number of ether oxygens (including phenoxy) is 1. The van der Waals surface area contributed by atoms with Gasteiger partial charge in [0.1, 0.15) is 0 Å². The lowest BCUT2D eigenvalue weighted by Gasteiger charge is -2.24. The van der Waals surface area contributed by atoms with Crippen molar-refractivity contribution in [1.82, 2.24) is 4.90 Å². The molecule has 2 unspecified atom stereocenters. The maximum Gasteiger partial charge on any atom is 0.0639 e. The van der Waals surface area contributed by atoms with E-state index in [9.17, 15) is 10.2 Å². The van der Waals surface area contributed by atoms with Gasteiger partial charge in [-0.1, -0.05) is 0 Å². The van der Waals surface area contributed by atoms with Gasteiger partial charge in [0.2, 0.25) is 0 Å². The Morgan fingerprint density at radius 2 is 1.62 bits per heavy atom. The molecule has 0 aliphatic rings. The van der Waals surface area contributed by atoms with Gasteiger partial charge in [0.25, 0.3) is 0 Å². The van der Waals surface area contributed by atoms with Crippen LogP contribution in [0.5, 0.6) is 0 Å². The van der Waals surface area contributed by atoms with Crippen molar-refractivity contribution in [3.63, 3.8) is 0 Å². The quantitative estimate of drug-likeness (QED) is 0.580. The van der Waals surface area contributed by atoms with Crippen molar-refractivity contribution in [3.05, 3.63) is 0 Å². The molecule has 0 rings (SSSR count). The zero-order valence-electron chi connectivity index (χ0n) is 8.73. The fraction of sp³-hybridized carbons (Fsp3) is 1.00. The van der Waals surface area contributed by atoms with Crippen LogP contribution in [0.3, 0.4) is 0 Å². The third-order valence-corrected chi connectivity index (χ3v) is 1.66. The van der Waals surface area contributed by atoms with E-state index in [1.54, 1.807) is 21.0 Å². The van der Waals surface area contributed by atoms with Gasteiger partial charge in [0.05, 0.1) is 18.8 Å². The van der Waals surface area contributed by atoms with Crippen LogP contribution in [0.1, 0.15) is 13.8 Å². The van der Waals surface area contributed by atoms with Crippen LogP contribution < -0.4 is 0 Å². The molecule has 0 bridgehead atoms. The molecule has 2 atom stereocenters. The van der Waals surface area contributed by atoms with Crippen LogP contribution in [0.15, 0.2) is 0 Å². The van der Waals surface area contributed by atoms with Crippen LogP contribution in [-0.4, -0.2) is 60.7 Å². The summed E-state index contributed by atoms with van der Waals surface area (Å²) in [5.74, 6) is 0. The molecule has 0 fully saturated rings. The van der Waals surface area contributed by atoms with Crippen molar-refractivity contribution in [1.29, 1.82) is 0 Å². The molecule has 0 spiro atoms. The van der Waals surface area contributed by atoms with Crippen molar-refractivity contribution < 1.29 is 14.9 Å². The summed E-state index contributed by atoms with van der Waals surface area (Å²) in [7, 11) is 1.64. The highest BCUT2D eigenvalue weighted by Gasteiger charge is 2.10. The second-order valence-corrected chi connectivity index (χ2v) is 3.45. The highest BCUT2D eigenvalue weighted by atomic mass is 16.5. The lowest BCUT2D eigenvalue weighted by molar-refractivity contribution is 0.0644. The number of methoxy groups -OCH3 is 1. The molecular weight excluding hydrogens is 170 g/mol. The first-order valence-corrected chi connectivity index (χ1v) is 4.63. The van der Waals surface area contributed by atoms with E-state index < -0.39 is 0 Å². The molecule has 4 nitrogen and oxygen atoms in total. The Labute approximate surface area is 80.1 Å². The monoisotopic (exact) mass is 191 g/mol. The van der Waals surface area contributed by atoms with E-state index in [-0.39, 0.29) is 12.2 Å². The van der Waals surface area contributed by atoms with Gasteiger partial charge in [-0.15, -0.1) is 0 Å². The number of hydrogen-bond donors (Lipinski definition) is 2. The van der Waals surface area contributed by atoms with Crippen molar-refractivity contribution >= 4 is 0 Å². The second-order valence-electron chi connectivity index (χ2n) is 3.45. The number of hydrogen-bond acceptors (Lipinski definition) is 4. The van der Waals surface area contributed by atoms with Crippen molar-refractivity contribution in [2.45, 2.75) is 26.1 Å². The van der Waals surface area contributed by atoms with Crippen molar-refractivity contribution in [2.75, 3.05) is 33.4 Å². The normalized spacial score (nSPS) is 16.2. The van der Waals surface area contributed by atoms with Crippen LogP contribution in [0, 0.1) is 0 Å². The molecule has 80 valence electrons. The predicted octanol–water partition coefficient (Wildman–Crippen LogP) is -0.304. The van der Waals surface area contributed by atoms with Crippen LogP contribution >= 0.6 is 0 Å². The Bertz CT molecular complexity index is 107. The van der Waals surface area contributed by atoms with E-state index in [2.05, 4.69) is 0 Å². The van der Waals surface area contributed by atoms with Gasteiger partial charge in [-0.2, -0.15) is 0 Å². The highest BCUT2D eigenvalue weighted by molar-refractivity contribution is 4.63. The second kappa shape index (κ2) is 7.26. The summed E-state index contributed by atoms with van der Waals surface area (Å²) in [5.41, 5.74) is 0. The van der Waals surface area contributed by atoms with Gasteiger partial charge in [-0.25, -0.2) is 0 Å². The zero-order chi connectivity index (χ0) is 10.3. The van der Waals surface area contributed by atoms with E-state index in [0.29, 0.717) is 19.7 Å². The molecule has 0 aliphatic heterocycles. The van der Waals surface area contributed by atoms with E-state index in [4.69, 9.17) is 4.74 Å². The summed E-state index contributed by atoms with van der Waals surface area (Å²) in [6.07, 6.45) is -0.730. The summed E-state index contributed by atoms with van der Waals surface area (Å²) >= 11 is 0. The first-order valence-electron chi connectivity index (χ1n) is 4.63. The minimum Gasteiger partial charge on any atom is -0.392 e. The lowest BCUT2D eigenvalue weighted by Crippen LogP contribution is -2.38. The van der Waals surface area contributed by atoms with E-state index in [1.165, 1.54) is 0 Å². The molecule has 13 heavy (non-hydrogen) atoms. The molecule has 0 radical (unpaired) electrons. The van der Waals surface area contributed by atoms with E-state index in [1.807, 2.05) is 4.90 Å². The largest absolute Gasteiger partial charge is 0.392 e. The van der Waals surface area contributed by atoms with Crippen LogP contribution in [-0.2, 0) is 4.74 Å². The molecule has 0 aromatic heterocycles. The molecule has 0 amide bonds. The summed E-state index contributed by atoms with van der Waals surface area (Å²) in [6.45, 7) is 6.00. The van der Waals surface area contributed by atoms with E-state index in [0.717, 1.165) is 6.54 Å². The highest BCUT2D eigenvalue weighted by Crippen LogP contribution is 1.95. The van der Waals surface area contributed by atoms with E-state index >= 15 is 0 Å². The fourth-order valence-electron chi connectivity index (χ4n) is 1.22. The summed E-state index contributed by atoms with van der Waals surface area (Å²) in [5, 5.41) is 18.3. The molecule has 0 saturated heterocycles. The standard InChI is InChI=1S/C9H21NO3/c1-8(11)6-10(4-5-13-3)7-9(2)12/h8-9,11-12H,4-7H2,1-3H3. The Morgan fingerprint density at radius 1 is 1.15 bits per heavy atom. The third kappa shape index (κ3) is 8.18. The summed E-state index contributed by atoms with van der Waals surface area (Å²) < 4.78 is 4.93. The summed E-state index contributed by atoms with van der Waals surface area (Å²) in [6, 6.07) is 0. The van der Waals surface area contributed by atoms with Gasteiger partial charge in [0.15, 0.2) is 0 Å². The molecule has 0 aliphatic carbocycles. The third-order valence-electron chi connectivity index (χ3n) is 1.66. The minimum atomic E-state index is -0.365. The lowest BCUT2D eigenvalue weighted by atomic mass is 10.3. The molecule has 0 aromatic carbocycles. The Hall–Kier alpha value is -0.160. The van der Waals surface area contributed by atoms with Gasteiger partial charge >= 0.3 is 0 Å². The Kier molecular flexibility index (Phi) is 7.17. The summed E-state index contributed by atoms with van der Waals surface area (Å²) in [4.78, 5) is 1.98. The van der Waals surface area contributed by atoms with Crippen LogP contribution in [0.4, 0.5) is 0 Å². The van der Waals surface area contributed by atoms with Crippen molar-refractivity contribution in [2.24, 2.45) is 0 Å². The van der Waals surface area contributed by atoms with Gasteiger partial charge in [-0.3, -0.25) is 4.90 Å². The average Bonchev–Trinajstić information content (AvgIpc) is 1.98. The Morgan fingerprint density at radius 3 is 1.92 bits per heavy atom. The molecular formula is C9H21NO3. The first-order chi connectivity index (χ1) is 6.06. The zero-order valence-corrected chi connectivity index (χ0v) is 8.73. The number of aliphatic hydroxyl groups is 2. The van der Waals surface area contributed by atoms with Gasteiger partial charge < -0.3 is 14.9 Å². The number of rotatable bonds is 7. The maximum absolute atomic E-state index is 9.17. The van der Waals surface area contributed by atoms with Crippen LogP contribution in [0.2, 0.25) is 0 Å². The van der Waals surface area contributed by atoms with Crippen LogP contribution in [0.25, 0.3) is 0 Å². The minimum absolute atomic E-state index is 0.365. The topological polar surface area (TPSA) is 52.9 Å². The smallest absolute Gasteiger partial charge is 0.0639 e. The SMILES string of the molecule is COCCN(CC(C)O)CC(C)O. The Balaban J connectivity index is 3.73. The predicted molar refractivity (Wildman–Crippen MR) is 51.7 cm³/mol. The average molecular weight is 191 g/mol. The first kappa shape index (κ1) is 12.8. The fourth-order valence-corrected chi connectivity index (χ4v) is 1.22. The molecule has 4 heteroatoms. The molecule has 2 N–H and O–H groups in total. The van der Waals surface area contributed by atoms with Gasteiger partial charge in [-0.05, 0) is 13.8 Å². The number of nitrogens with zero attached hydrogens (tertiary/aromatic N) is 1. The molecule has 0 saturated carbocycles. The number of aliphatic hydroxyl groups excluding tert-OH is 2. The molecule has 0 aromatic rings. The molecule has 0 heterocycles. The van der Waals surface area contributed by atoms with Crippen molar-refractivity contribution in [3.8, 4) is 0 Å².